The Morgan fingerprint density at radius 3 is 2.27 bits per heavy atom. The normalized spacial score (nSPS) is 11.3. The molecule has 0 fully saturated rings. The van der Waals surface area contributed by atoms with Crippen molar-refractivity contribution >= 4 is 17.4 Å². The maximum Gasteiger partial charge on any atom is 0.433 e. The van der Waals surface area contributed by atoms with Gasteiger partial charge in [-0.3, -0.25) is 9.78 Å². The summed E-state index contributed by atoms with van der Waals surface area (Å²) in [4.78, 5) is 24.8. The predicted octanol–water partition coefficient (Wildman–Crippen LogP) is 3.91. The van der Waals surface area contributed by atoms with E-state index in [-0.39, 0.29) is 17.3 Å². The van der Waals surface area contributed by atoms with Crippen LogP contribution in [0.3, 0.4) is 0 Å². The summed E-state index contributed by atoms with van der Waals surface area (Å²) in [5.74, 6) is -2.83. The Morgan fingerprint density at radius 2 is 1.67 bits per heavy atom. The Balaban J connectivity index is 1.85. The highest BCUT2D eigenvalue weighted by atomic mass is 19.4. The summed E-state index contributed by atoms with van der Waals surface area (Å²) in [5, 5.41) is 2.28. The molecule has 1 aromatic carbocycles. The van der Waals surface area contributed by atoms with E-state index >= 15 is 0 Å². The molecular formula is C19H14F5N5O. The average Bonchev–Trinajstić information content (AvgIpc) is 2.66. The molecule has 0 radical (unpaired) electrons. The van der Waals surface area contributed by atoms with Gasteiger partial charge >= 0.3 is 6.18 Å². The second-order valence-electron chi connectivity index (χ2n) is 6.23. The SMILES string of the molecule is CN(CC(=O)Nc1cc(F)cc(F)c1)c1cc(C(F)(F)F)nc(-c2ccncc2)n1. The molecule has 6 nitrogen and oxygen atoms in total. The summed E-state index contributed by atoms with van der Waals surface area (Å²) in [5.41, 5.74) is -0.994. The summed E-state index contributed by atoms with van der Waals surface area (Å²) < 4.78 is 66.3. The van der Waals surface area contributed by atoms with Crippen molar-refractivity contribution in [3.8, 4) is 11.4 Å². The van der Waals surface area contributed by atoms with Crippen LogP contribution in [-0.2, 0) is 11.0 Å². The standard InChI is InChI=1S/C19H14F5N5O/c1-29(10-17(30)26-14-7-12(20)6-13(21)8-14)16-9-15(19(22,23)24)27-18(28-16)11-2-4-25-5-3-11/h2-9H,10H2,1H3,(H,26,30). The molecule has 11 heteroatoms. The van der Waals surface area contributed by atoms with E-state index in [2.05, 4.69) is 20.3 Å². The van der Waals surface area contributed by atoms with Gasteiger partial charge < -0.3 is 10.2 Å². The molecule has 1 N–H and O–H groups in total. The van der Waals surface area contributed by atoms with E-state index in [9.17, 15) is 26.7 Å². The van der Waals surface area contributed by atoms with Gasteiger partial charge in [-0.05, 0) is 24.3 Å². The van der Waals surface area contributed by atoms with E-state index in [0.717, 1.165) is 17.0 Å². The lowest BCUT2D eigenvalue weighted by Gasteiger charge is -2.20. The molecule has 156 valence electrons. The van der Waals surface area contributed by atoms with Crippen molar-refractivity contribution in [1.29, 1.82) is 0 Å². The first-order valence-electron chi connectivity index (χ1n) is 8.45. The number of pyridine rings is 1. The van der Waals surface area contributed by atoms with Crippen LogP contribution in [0.15, 0.2) is 48.8 Å². The largest absolute Gasteiger partial charge is 0.433 e. The molecule has 2 aromatic heterocycles. The topological polar surface area (TPSA) is 71.0 Å². The minimum Gasteiger partial charge on any atom is -0.350 e. The van der Waals surface area contributed by atoms with Gasteiger partial charge in [-0.1, -0.05) is 0 Å². The van der Waals surface area contributed by atoms with Crippen molar-refractivity contribution < 1.29 is 26.7 Å². The van der Waals surface area contributed by atoms with Gasteiger partial charge in [-0.2, -0.15) is 13.2 Å². The first-order valence-corrected chi connectivity index (χ1v) is 8.45. The Kier molecular flexibility index (Phi) is 5.90. The Hall–Kier alpha value is -3.63. The van der Waals surface area contributed by atoms with Crippen LogP contribution in [0.4, 0.5) is 33.5 Å². The molecule has 30 heavy (non-hydrogen) atoms. The maximum atomic E-state index is 13.3. The fourth-order valence-corrected chi connectivity index (χ4v) is 2.53. The van der Waals surface area contributed by atoms with Gasteiger partial charge in [0.25, 0.3) is 0 Å². The van der Waals surface area contributed by atoms with Gasteiger partial charge in [0.05, 0.1) is 6.54 Å². The number of alkyl halides is 3. The van der Waals surface area contributed by atoms with Gasteiger partial charge in [0.2, 0.25) is 5.91 Å². The molecule has 0 spiro atoms. The molecule has 0 aliphatic rings. The van der Waals surface area contributed by atoms with Crippen molar-refractivity contribution in [3.05, 3.63) is 66.1 Å². The Morgan fingerprint density at radius 1 is 1.03 bits per heavy atom. The van der Waals surface area contributed by atoms with Crippen LogP contribution >= 0.6 is 0 Å². The molecule has 0 aliphatic carbocycles. The molecule has 0 saturated heterocycles. The summed E-state index contributed by atoms with van der Waals surface area (Å²) in [6, 6.07) is 6.07. The zero-order valence-corrected chi connectivity index (χ0v) is 15.4. The van der Waals surface area contributed by atoms with Gasteiger partial charge in [-0.25, -0.2) is 18.7 Å². The lowest BCUT2D eigenvalue weighted by molar-refractivity contribution is -0.141. The van der Waals surface area contributed by atoms with Crippen molar-refractivity contribution in [2.45, 2.75) is 6.18 Å². The van der Waals surface area contributed by atoms with Crippen molar-refractivity contribution in [2.75, 3.05) is 23.8 Å². The number of anilines is 2. The second kappa shape index (κ2) is 8.39. The van der Waals surface area contributed by atoms with E-state index < -0.39 is 36.0 Å². The molecular weight excluding hydrogens is 409 g/mol. The van der Waals surface area contributed by atoms with E-state index in [4.69, 9.17) is 0 Å². The van der Waals surface area contributed by atoms with E-state index in [1.807, 2.05) is 0 Å². The molecule has 0 bridgehead atoms. The van der Waals surface area contributed by atoms with E-state index in [1.54, 1.807) is 0 Å². The van der Waals surface area contributed by atoms with Crippen LogP contribution in [0.25, 0.3) is 11.4 Å². The smallest absolute Gasteiger partial charge is 0.350 e. The number of aromatic nitrogens is 3. The number of carbonyl (C=O) groups is 1. The Bertz CT molecular complexity index is 1040. The van der Waals surface area contributed by atoms with Crippen molar-refractivity contribution in [1.82, 2.24) is 15.0 Å². The molecule has 0 atom stereocenters. The average molecular weight is 423 g/mol. The highest BCUT2D eigenvalue weighted by Crippen LogP contribution is 2.31. The highest BCUT2D eigenvalue weighted by molar-refractivity contribution is 5.93. The zero-order valence-electron chi connectivity index (χ0n) is 15.4. The Labute approximate surface area is 167 Å². The van der Waals surface area contributed by atoms with Gasteiger partial charge in [0, 0.05) is 42.8 Å². The summed E-state index contributed by atoms with van der Waals surface area (Å²) in [6.45, 7) is -0.428. The fourth-order valence-electron chi connectivity index (χ4n) is 2.53. The van der Waals surface area contributed by atoms with Gasteiger partial charge in [0.15, 0.2) is 11.5 Å². The number of nitrogens with one attached hydrogen (secondary N) is 1. The van der Waals surface area contributed by atoms with Crippen LogP contribution in [0.2, 0.25) is 0 Å². The molecule has 3 rings (SSSR count). The monoisotopic (exact) mass is 423 g/mol. The summed E-state index contributed by atoms with van der Waals surface area (Å²) in [6.07, 6.45) is -1.97. The zero-order chi connectivity index (χ0) is 21.9. The number of nitrogens with zero attached hydrogens (tertiary/aromatic N) is 4. The third kappa shape index (κ3) is 5.25. The number of rotatable bonds is 5. The van der Waals surface area contributed by atoms with Crippen LogP contribution in [0.1, 0.15) is 5.69 Å². The predicted molar refractivity (Wildman–Crippen MR) is 98.5 cm³/mol. The number of halogens is 5. The summed E-state index contributed by atoms with van der Waals surface area (Å²) in [7, 11) is 1.35. The molecule has 0 saturated carbocycles. The van der Waals surface area contributed by atoms with Gasteiger partial charge in [0.1, 0.15) is 17.5 Å². The van der Waals surface area contributed by atoms with E-state index in [1.165, 1.54) is 31.6 Å². The van der Waals surface area contributed by atoms with Crippen LogP contribution < -0.4 is 10.2 Å². The molecule has 3 aromatic rings. The van der Waals surface area contributed by atoms with Crippen molar-refractivity contribution in [2.24, 2.45) is 0 Å². The molecule has 2 heterocycles. The quantitative estimate of drug-likeness (QED) is 0.630. The van der Waals surface area contributed by atoms with Crippen LogP contribution in [0.5, 0.6) is 0 Å². The number of hydrogen-bond donors (Lipinski definition) is 1. The molecule has 0 aliphatic heterocycles. The van der Waals surface area contributed by atoms with Gasteiger partial charge in [-0.15, -0.1) is 0 Å². The van der Waals surface area contributed by atoms with Crippen LogP contribution in [-0.4, -0.2) is 34.5 Å². The maximum absolute atomic E-state index is 13.3. The minimum atomic E-state index is -4.73. The van der Waals surface area contributed by atoms with Crippen LogP contribution in [0, 0.1) is 11.6 Å². The fraction of sp³-hybridized carbons (Fsp3) is 0.158. The number of carbonyl (C=O) groups excluding carboxylic acids is 1. The first kappa shape index (κ1) is 21.1. The number of hydrogen-bond acceptors (Lipinski definition) is 5. The molecule has 1 amide bonds. The van der Waals surface area contributed by atoms with Crippen molar-refractivity contribution in [3.63, 3.8) is 0 Å². The summed E-state index contributed by atoms with van der Waals surface area (Å²) >= 11 is 0. The second-order valence-corrected chi connectivity index (χ2v) is 6.23. The number of benzene rings is 1. The number of likely N-dealkylation sites (N-methyl/N-ethyl adjacent to an activating group) is 1. The van der Waals surface area contributed by atoms with E-state index in [0.29, 0.717) is 17.7 Å². The molecule has 0 unspecified atom stereocenters. The number of amides is 1. The lowest BCUT2D eigenvalue weighted by atomic mass is 10.2. The lowest BCUT2D eigenvalue weighted by Crippen LogP contribution is -2.31. The minimum absolute atomic E-state index is 0.123. The third-order valence-electron chi connectivity index (χ3n) is 3.86. The first-order chi connectivity index (χ1) is 14.1. The highest BCUT2D eigenvalue weighted by Gasteiger charge is 2.34. The third-order valence-corrected chi connectivity index (χ3v) is 3.86.